The predicted molar refractivity (Wildman–Crippen MR) is 59.8 cm³/mol. The summed E-state index contributed by atoms with van der Waals surface area (Å²) in [5, 5.41) is 6.50. The summed E-state index contributed by atoms with van der Waals surface area (Å²) in [6.07, 6.45) is 3.58. The maximum atomic E-state index is 11.8. The summed E-state index contributed by atoms with van der Waals surface area (Å²) in [5.74, 6) is 1.29. The second-order valence-corrected chi connectivity index (χ2v) is 4.42. The number of rotatable bonds is 2. The van der Waals surface area contributed by atoms with E-state index in [9.17, 15) is 4.79 Å². The number of hydrogen-bond donors (Lipinski definition) is 2. The molecule has 1 amide bonds. The molecule has 0 aliphatic heterocycles. The van der Waals surface area contributed by atoms with Crippen molar-refractivity contribution in [3.63, 3.8) is 0 Å². The highest BCUT2D eigenvalue weighted by molar-refractivity contribution is 5.91. The van der Waals surface area contributed by atoms with Crippen molar-refractivity contribution in [1.82, 2.24) is 5.16 Å². The Bertz CT molecular complexity index is 367. The molecule has 1 aliphatic carbocycles. The van der Waals surface area contributed by atoms with Gasteiger partial charge in [-0.25, -0.2) is 0 Å². The van der Waals surface area contributed by atoms with E-state index in [1.165, 1.54) is 0 Å². The molecule has 3 N–H and O–H groups in total. The van der Waals surface area contributed by atoms with Gasteiger partial charge < -0.3 is 15.6 Å². The summed E-state index contributed by atoms with van der Waals surface area (Å²) in [6.45, 7) is 1.79. The lowest BCUT2D eigenvalue weighted by molar-refractivity contribution is -0.120. The van der Waals surface area contributed by atoms with Crippen LogP contribution >= 0.6 is 0 Å². The first-order valence-electron chi connectivity index (χ1n) is 5.65. The van der Waals surface area contributed by atoms with Crippen LogP contribution in [0.3, 0.4) is 0 Å². The molecule has 16 heavy (non-hydrogen) atoms. The fourth-order valence-corrected chi connectivity index (χ4v) is 2.03. The van der Waals surface area contributed by atoms with E-state index in [1.54, 1.807) is 13.0 Å². The van der Waals surface area contributed by atoms with Crippen LogP contribution in [-0.2, 0) is 4.79 Å². The molecule has 5 heteroatoms. The van der Waals surface area contributed by atoms with Gasteiger partial charge in [0.1, 0.15) is 5.76 Å². The Balaban J connectivity index is 1.88. The van der Waals surface area contributed by atoms with Crippen molar-refractivity contribution in [2.75, 3.05) is 5.32 Å². The van der Waals surface area contributed by atoms with E-state index in [4.69, 9.17) is 10.3 Å². The van der Waals surface area contributed by atoms with E-state index in [-0.39, 0.29) is 17.9 Å². The predicted octanol–water partition coefficient (Wildman–Crippen LogP) is 1.44. The van der Waals surface area contributed by atoms with Crippen molar-refractivity contribution in [3.05, 3.63) is 11.8 Å². The topological polar surface area (TPSA) is 81.2 Å². The molecule has 0 saturated heterocycles. The first-order chi connectivity index (χ1) is 7.65. The SMILES string of the molecule is Cc1cc(NC(=O)C2CCC(N)CC2)no1. The van der Waals surface area contributed by atoms with Crippen molar-refractivity contribution >= 4 is 11.7 Å². The second kappa shape index (κ2) is 4.65. The minimum atomic E-state index is 0.0280. The molecule has 2 rings (SSSR count). The van der Waals surface area contributed by atoms with Crippen LogP contribution in [-0.4, -0.2) is 17.1 Å². The average Bonchev–Trinajstić information content (AvgIpc) is 2.65. The van der Waals surface area contributed by atoms with Gasteiger partial charge in [0, 0.05) is 18.0 Å². The van der Waals surface area contributed by atoms with Crippen LogP contribution in [0.25, 0.3) is 0 Å². The number of aromatic nitrogens is 1. The third kappa shape index (κ3) is 2.61. The molecule has 1 saturated carbocycles. The Hall–Kier alpha value is -1.36. The molecule has 1 heterocycles. The molecule has 1 fully saturated rings. The fourth-order valence-electron chi connectivity index (χ4n) is 2.03. The molecule has 5 nitrogen and oxygen atoms in total. The number of amides is 1. The van der Waals surface area contributed by atoms with Gasteiger partial charge in [-0.05, 0) is 32.6 Å². The number of carbonyl (C=O) groups excluding carboxylic acids is 1. The highest BCUT2D eigenvalue weighted by Gasteiger charge is 2.24. The van der Waals surface area contributed by atoms with Crippen molar-refractivity contribution in [2.45, 2.75) is 38.6 Å². The summed E-state index contributed by atoms with van der Waals surface area (Å²) in [5.41, 5.74) is 5.79. The van der Waals surface area contributed by atoms with Crippen molar-refractivity contribution in [3.8, 4) is 0 Å². The number of nitrogens with two attached hydrogens (primary N) is 1. The van der Waals surface area contributed by atoms with Crippen LogP contribution in [0.4, 0.5) is 5.82 Å². The molecular weight excluding hydrogens is 206 g/mol. The van der Waals surface area contributed by atoms with E-state index >= 15 is 0 Å². The Morgan fingerprint density at radius 1 is 1.50 bits per heavy atom. The Kier molecular flexibility index (Phi) is 3.24. The molecule has 0 aromatic carbocycles. The van der Waals surface area contributed by atoms with Crippen LogP contribution in [0.1, 0.15) is 31.4 Å². The van der Waals surface area contributed by atoms with Gasteiger partial charge >= 0.3 is 0 Å². The number of hydrogen-bond acceptors (Lipinski definition) is 4. The van der Waals surface area contributed by atoms with Gasteiger partial charge in [0.05, 0.1) is 0 Å². The third-order valence-electron chi connectivity index (χ3n) is 3.02. The molecule has 1 aromatic heterocycles. The normalized spacial score (nSPS) is 25.4. The van der Waals surface area contributed by atoms with Gasteiger partial charge in [0.15, 0.2) is 5.82 Å². The first-order valence-corrected chi connectivity index (χ1v) is 5.65. The maximum absolute atomic E-state index is 11.8. The van der Waals surface area contributed by atoms with Gasteiger partial charge in [-0.2, -0.15) is 0 Å². The molecular formula is C11H17N3O2. The summed E-state index contributed by atoms with van der Waals surface area (Å²) in [4.78, 5) is 11.8. The summed E-state index contributed by atoms with van der Waals surface area (Å²) in [6, 6.07) is 1.98. The van der Waals surface area contributed by atoms with Crippen molar-refractivity contribution in [2.24, 2.45) is 11.7 Å². The largest absolute Gasteiger partial charge is 0.360 e. The number of anilines is 1. The van der Waals surface area contributed by atoms with Gasteiger partial charge in [0.2, 0.25) is 5.91 Å². The lowest BCUT2D eigenvalue weighted by Gasteiger charge is -2.24. The van der Waals surface area contributed by atoms with Crippen molar-refractivity contribution < 1.29 is 9.32 Å². The van der Waals surface area contributed by atoms with Crippen LogP contribution in [0, 0.1) is 12.8 Å². The molecule has 0 spiro atoms. The Morgan fingerprint density at radius 2 is 2.19 bits per heavy atom. The van der Waals surface area contributed by atoms with E-state index in [0.29, 0.717) is 11.6 Å². The second-order valence-electron chi connectivity index (χ2n) is 4.42. The van der Waals surface area contributed by atoms with Gasteiger partial charge in [-0.15, -0.1) is 0 Å². The van der Waals surface area contributed by atoms with E-state index in [1.807, 2.05) is 0 Å². The molecule has 0 atom stereocenters. The van der Waals surface area contributed by atoms with Gasteiger partial charge in [0.25, 0.3) is 0 Å². The standard InChI is InChI=1S/C11H17N3O2/c1-7-6-10(14-16-7)13-11(15)8-2-4-9(12)5-3-8/h6,8-9H,2-5,12H2,1H3,(H,13,14,15). The molecule has 1 aromatic rings. The lowest BCUT2D eigenvalue weighted by atomic mass is 9.86. The van der Waals surface area contributed by atoms with Crippen LogP contribution in [0.5, 0.6) is 0 Å². The van der Waals surface area contributed by atoms with Crippen LogP contribution < -0.4 is 11.1 Å². The van der Waals surface area contributed by atoms with Gasteiger partial charge in [-0.3, -0.25) is 4.79 Å². The van der Waals surface area contributed by atoms with E-state index in [0.717, 1.165) is 25.7 Å². The zero-order chi connectivity index (χ0) is 11.5. The molecule has 88 valence electrons. The number of aryl methyl sites for hydroxylation is 1. The fraction of sp³-hybridized carbons (Fsp3) is 0.636. The summed E-state index contributed by atoms with van der Waals surface area (Å²) >= 11 is 0. The molecule has 0 radical (unpaired) electrons. The lowest BCUT2D eigenvalue weighted by Crippen LogP contribution is -2.32. The summed E-state index contributed by atoms with van der Waals surface area (Å²) in [7, 11) is 0. The highest BCUT2D eigenvalue weighted by Crippen LogP contribution is 2.24. The smallest absolute Gasteiger partial charge is 0.228 e. The van der Waals surface area contributed by atoms with Crippen LogP contribution in [0.15, 0.2) is 10.6 Å². The highest BCUT2D eigenvalue weighted by atomic mass is 16.5. The van der Waals surface area contributed by atoms with Crippen LogP contribution in [0.2, 0.25) is 0 Å². The van der Waals surface area contributed by atoms with E-state index < -0.39 is 0 Å². The minimum Gasteiger partial charge on any atom is -0.360 e. The maximum Gasteiger partial charge on any atom is 0.228 e. The Morgan fingerprint density at radius 3 is 2.75 bits per heavy atom. The molecule has 0 unspecified atom stereocenters. The quantitative estimate of drug-likeness (QED) is 0.794. The number of nitrogens with zero attached hydrogens (tertiary/aromatic N) is 1. The zero-order valence-corrected chi connectivity index (χ0v) is 9.40. The molecule has 0 bridgehead atoms. The monoisotopic (exact) mass is 223 g/mol. The molecule has 1 aliphatic rings. The zero-order valence-electron chi connectivity index (χ0n) is 9.40. The average molecular weight is 223 g/mol. The Labute approximate surface area is 94.4 Å². The van der Waals surface area contributed by atoms with E-state index in [2.05, 4.69) is 10.5 Å². The number of nitrogens with one attached hydrogen (secondary N) is 1. The summed E-state index contributed by atoms with van der Waals surface area (Å²) < 4.78 is 4.89. The first kappa shape index (κ1) is 11.1. The minimum absolute atomic E-state index is 0.0280. The van der Waals surface area contributed by atoms with Crippen molar-refractivity contribution in [1.29, 1.82) is 0 Å². The van der Waals surface area contributed by atoms with Gasteiger partial charge in [-0.1, -0.05) is 5.16 Å². The number of carbonyl (C=O) groups is 1. The third-order valence-corrected chi connectivity index (χ3v) is 3.02.